The second-order valence-corrected chi connectivity index (χ2v) is 5.25. The zero-order valence-corrected chi connectivity index (χ0v) is 12.3. The quantitative estimate of drug-likeness (QED) is 0.853. The van der Waals surface area contributed by atoms with Crippen LogP contribution in [0.4, 0.5) is 10.1 Å². The van der Waals surface area contributed by atoms with Gasteiger partial charge in [0, 0.05) is 12.1 Å². The molecule has 0 bridgehead atoms. The maximum Gasteiger partial charge on any atom is 0.258 e. The van der Waals surface area contributed by atoms with E-state index in [4.69, 9.17) is 18.0 Å². The molecule has 0 fully saturated rings. The molecule has 0 aromatic heterocycles. The summed E-state index contributed by atoms with van der Waals surface area (Å²) in [6.07, 6.45) is 0.510. The van der Waals surface area contributed by atoms with Gasteiger partial charge in [-0.25, -0.2) is 4.39 Å². The van der Waals surface area contributed by atoms with Gasteiger partial charge < -0.3 is 11.1 Å². The van der Waals surface area contributed by atoms with E-state index in [0.29, 0.717) is 22.7 Å². The Balaban J connectivity index is 2.12. The molecule has 0 saturated heterocycles. The maximum atomic E-state index is 13.9. The van der Waals surface area contributed by atoms with E-state index in [1.54, 1.807) is 31.2 Å². The average Bonchev–Trinajstić information content (AvgIpc) is 2.43. The van der Waals surface area contributed by atoms with Crippen LogP contribution in [-0.2, 0) is 6.42 Å². The molecule has 1 amide bonds. The summed E-state index contributed by atoms with van der Waals surface area (Å²) >= 11 is 4.84. The first kappa shape index (κ1) is 15.1. The van der Waals surface area contributed by atoms with E-state index in [0.717, 1.165) is 5.56 Å². The van der Waals surface area contributed by atoms with Crippen molar-refractivity contribution in [2.24, 2.45) is 5.73 Å². The lowest BCUT2D eigenvalue weighted by molar-refractivity contribution is 0.102. The minimum absolute atomic E-state index is 0.0298. The summed E-state index contributed by atoms with van der Waals surface area (Å²) in [6, 6.07) is 11.8. The number of hydrogen-bond acceptors (Lipinski definition) is 2. The van der Waals surface area contributed by atoms with Crippen molar-refractivity contribution < 1.29 is 9.18 Å². The smallest absolute Gasteiger partial charge is 0.258 e. The Labute approximate surface area is 128 Å². The molecule has 3 N–H and O–H groups in total. The van der Waals surface area contributed by atoms with Gasteiger partial charge in [0.15, 0.2) is 0 Å². The second-order valence-electron chi connectivity index (χ2n) is 4.73. The van der Waals surface area contributed by atoms with Crippen LogP contribution in [0.5, 0.6) is 0 Å². The Bertz CT molecular complexity index is 683. The molecule has 2 rings (SSSR count). The fourth-order valence-corrected chi connectivity index (χ4v) is 2.09. The van der Waals surface area contributed by atoms with Gasteiger partial charge in [-0.1, -0.05) is 36.5 Å². The van der Waals surface area contributed by atoms with E-state index < -0.39 is 11.7 Å². The Morgan fingerprint density at radius 3 is 2.52 bits per heavy atom. The minimum atomic E-state index is -0.500. The van der Waals surface area contributed by atoms with Gasteiger partial charge in [0.2, 0.25) is 0 Å². The average molecular weight is 302 g/mol. The monoisotopic (exact) mass is 302 g/mol. The fraction of sp³-hybridized carbons (Fsp3) is 0.125. The first-order valence-corrected chi connectivity index (χ1v) is 6.82. The van der Waals surface area contributed by atoms with E-state index in [1.807, 2.05) is 12.1 Å². The molecule has 2 aromatic rings. The molecule has 0 saturated carbocycles. The van der Waals surface area contributed by atoms with Crippen LogP contribution in [-0.4, -0.2) is 10.9 Å². The van der Waals surface area contributed by atoms with Crippen molar-refractivity contribution in [1.29, 1.82) is 0 Å². The Kier molecular flexibility index (Phi) is 4.65. The number of nitrogens with two attached hydrogens (primary N) is 1. The molecule has 0 aliphatic rings. The van der Waals surface area contributed by atoms with E-state index in [2.05, 4.69) is 5.32 Å². The summed E-state index contributed by atoms with van der Waals surface area (Å²) in [6.45, 7) is 1.62. The van der Waals surface area contributed by atoms with Gasteiger partial charge in [0.25, 0.3) is 5.91 Å². The number of carbonyl (C=O) groups is 1. The van der Waals surface area contributed by atoms with Crippen molar-refractivity contribution in [1.82, 2.24) is 0 Å². The lowest BCUT2D eigenvalue weighted by Crippen LogP contribution is -2.14. The van der Waals surface area contributed by atoms with Crippen molar-refractivity contribution >= 4 is 28.8 Å². The molecular weight excluding hydrogens is 287 g/mol. The van der Waals surface area contributed by atoms with Gasteiger partial charge in [-0.05, 0) is 36.2 Å². The van der Waals surface area contributed by atoms with Crippen molar-refractivity contribution in [3.05, 3.63) is 65.0 Å². The number of anilines is 1. The van der Waals surface area contributed by atoms with Gasteiger partial charge in [-0.2, -0.15) is 0 Å². The number of halogens is 1. The normalized spacial score (nSPS) is 10.2. The highest BCUT2D eigenvalue weighted by atomic mass is 32.1. The molecule has 0 unspecified atom stereocenters. The molecule has 3 nitrogen and oxygen atoms in total. The molecule has 108 valence electrons. The Morgan fingerprint density at radius 2 is 1.90 bits per heavy atom. The van der Waals surface area contributed by atoms with Gasteiger partial charge in [-0.15, -0.1) is 0 Å². The highest BCUT2D eigenvalue weighted by Crippen LogP contribution is 2.15. The molecule has 0 spiro atoms. The molecule has 2 aromatic carbocycles. The van der Waals surface area contributed by atoms with Crippen LogP contribution >= 0.6 is 12.2 Å². The molecule has 0 aliphatic heterocycles. The largest absolute Gasteiger partial charge is 0.393 e. The molecule has 0 radical (unpaired) electrons. The van der Waals surface area contributed by atoms with Crippen LogP contribution in [0.15, 0.2) is 42.5 Å². The topological polar surface area (TPSA) is 55.1 Å². The lowest BCUT2D eigenvalue weighted by atomic mass is 10.1. The maximum absolute atomic E-state index is 13.9. The number of hydrogen-bond donors (Lipinski definition) is 2. The minimum Gasteiger partial charge on any atom is -0.393 e. The predicted octanol–water partition coefficient (Wildman–Crippen LogP) is 3.22. The summed E-state index contributed by atoms with van der Waals surface area (Å²) < 4.78 is 13.9. The van der Waals surface area contributed by atoms with Crippen LogP contribution in [0.2, 0.25) is 0 Å². The molecule has 0 heterocycles. The van der Waals surface area contributed by atoms with Gasteiger partial charge in [0.05, 0.1) is 10.6 Å². The number of nitrogens with one attached hydrogen (secondary N) is 1. The molecule has 0 aliphatic carbocycles. The van der Waals surface area contributed by atoms with Crippen molar-refractivity contribution in [3.8, 4) is 0 Å². The van der Waals surface area contributed by atoms with Gasteiger partial charge >= 0.3 is 0 Å². The molecule has 0 atom stereocenters. The zero-order valence-electron chi connectivity index (χ0n) is 11.5. The number of thiocarbonyl (C=S) groups is 1. The van der Waals surface area contributed by atoms with Crippen LogP contribution in [0.1, 0.15) is 21.5 Å². The van der Waals surface area contributed by atoms with E-state index in [9.17, 15) is 9.18 Å². The Morgan fingerprint density at radius 1 is 1.24 bits per heavy atom. The van der Waals surface area contributed by atoms with E-state index >= 15 is 0 Å². The van der Waals surface area contributed by atoms with Gasteiger partial charge in [-0.3, -0.25) is 4.79 Å². The predicted molar refractivity (Wildman–Crippen MR) is 86.0 cm³/mol. The third-order valence-electron chi connectivity index (χ3n) is 3.03. The summed E-state index contributed by atoms with van der Waals surface area (Å²) in [4.78, 5) is 12.5. The SMILES string of the molecule is Cc1cccc(C(=O)Nc2ccc(CC(N)=S)cc2)c1F. The third-order valence-corrected chi connectivity index (χ3v) is 3.17. The van der Waals surface area contributed by atoms with Crippen molar-refractivity contribution in [2.75, 3.05) is 5.32 Å². The number of aryl methyl sites for hydroxylation is 1. The van der Waals surface area contributed by atoms with E-state index in [1.165, 1.54) is 6.07 Å². The van der Waals surface area contributed by atoms with Crippen molar-refractivity contribution in [3.63, 3.8) is 0 Å². The van der Waals surface area contributed by atoms with Crippen LogP contribution in [0.25, 0.3) is 0 Å². The highest BCUT2D eigenvalue weighted by Gasteiger charge is 2.13. The number of amides is 1. The van der Waals surface area contributed by atoms with Crippen LogP contribution in [0, 0.1) is 12.7 Å². The van der Waals surface area contributed by atoms with Crippen LogP contribution in [0.3, 0.4) is 0 Å². The van der Waals surface area contributed by atoms with Crippen molar-refractivity contribution in [2.45, 2.75) is 13.3 Å². The summed E-state index contributed by atoms with van der Waals surface area (Å²) in [5.41, 5.74) is 7.49. The molecule has 21 heavy (non-hydrogen) atoms. The number of rotatable bonds is 4. The zero-order chi connectivity index (χ0) is 15.4. The number of benzene rings is 2. The van der Waals surface area contributed by atoms with E-state index in [-0.39, 0.29) is 5.56 Å². The fourth-order valence-electron chi connectivity index (χ4n) is 1.93. The third kappa shape index (κ3) is 3.86. The first-order valence-electron chi connectivity index (χ1n) is 6.41. The Hall–Kier alpha value is -2.27. The first-order chi connectivity index (χ1) is 9.97. The standard InChI is InChI=1S/C16H15FN2OS/c1-10-3-2-4-13(15(10)17)16(20)19-12-7-5-11(6-8-12)9-14(18)21/h2-8H,9H2,1H3,(H2,18,21)(H,19,20). The van der Waals surface area contributed by atoms with Crippen LogP contribution < -0.4 is 11.1 Å². The van der Waals surface area contributed by atoms with Gasteiger partial charge in [0.1, 0.15) is 5.82 Å². The number of carbonyl (C=O) groups excluding carboxylic acids is 1. The lowest BCUT2D eigenvalue weighted by Gasteiger charge is -2.08. The summed E-state index contributed by atoms with van der Waals surface area (Å²) in [5, 5.41) is 2.66. The summed E-state index contributed by atoms with van der Waals surface area (Å²) in [5.74, 6) is -0.974. The molecular formula is C16H15FN2OS. The second kappa shape index (κ2) is 6.45. The molecule has 5 heteroatoms. The summed E-state index contributed by atoms with van der Waals surface area (Å²) in [7, 11) is 0. The highest BCUT2D eigenvalue weighted by molar-refractivity contribution is 7.80.